The Morgan fingerprint density at radius 2 is 2.23 bits per heavy atom. The van der Waals surface area contributed by atoms with Gasteiger partial charge in [0.25, 0.3) is 5.91 Å². The van der Waals surface area contributed by atoms with Gasteiger partial charge in [-0.05, 0) is 6.07 Å². The summed E-state index contributed by atoms with van der Waals surface area (Å²) in [5.74, 6) is 2.66. The highest BCUT2D eigenvalue weighted by Crippen LogP contribution is 2.00. The van der Waals surface area contributed by atoms with Gasteiger partial charge >= 0.3 is 5.97 Å². The van der Waals surface area contributed by atoms with Gasteiger partial charge in [-0.15, -0.1) is 0 Å². The first kappa shape index (κ1) is 8.87. The van der Waals surface area contributed by atoms with Crippen molar-refractivity contribution in [3.8, 4) is 11.8 Å². The SMILES string of the molecule is NC(=O)C#Cc1c[nH]c(C(=O)O)c1. The van der Waals surface area contributed by atoms with Crippen LogP contribution in [0, 0.1) is 11.8 Å². The minimum atomic E-state index is -1.08. The maximum absolute atomic E-state index is 10.4. The van der Waals surface area contributed by atoms with Gasteiger partial charge in [-0.2, -0.15) is 0 Å². The molecule has 1 rings (SSSR count). The standard InChI is InChI=1S/C8H6N2O3/c9-7(11)2-1-5-3-6(8(12)13)10-4-5/h3-4,10H,(H2,9,11)(H,12,13). The van der Waals surface area contributed by atoms with Gasteiger partial charge in [-0.3, -0.25) is 4.79 Å². The summed E-state index contributed by atoms with van der Waals surface area (Å²) in [7, 11) is 0. The number of hydrogen-bond donors (Lipinski definition) is 3. The molecule has 13 heavy (non-hydrogen) atoms. The second-order valence-corrected chi connectivity index (χ2v) is 2.22. The second-order valence-electron chi connectivity index (χ2n) is 2.22. The van der Waals surface area contributed by atoms with Gasteiger partial charge in [0, 0.05) is 17.7 Å². The van der Waals surface area contributed by atoms with Crippen molar-refractivity contribution < 1.29 is 14.7 Å². The molecule has 1 amide bonds. The third kappa shape index (κ3) is 2.38. The number of primary amides is 1. The third-order valence-electron chi connectivity index (χ3n) is 1.24. The van der Waals surface area contributed by atoms with Crippen molar-refractivity contribution in [1.82, 2.24) is 4.98 Å². The molecule has 1 heterocycles. The summed E-state index contributed by atoms with van der Waals surface area (Å²) in [6.45, 7) is 0. The summed E-state index contributed by atoms with van der Waals surface area (Å²) in [5, 5.41) is 8.50. The minimum absolute atomic E-state index is 0.0220. The first-order valence-electron chi connectivity index (χ1n) is 3.33. The smallest absolute Gasteiger partial charge is 0.352 e. The summed E-state index contributed by atoms with van der Waals surface area (Å²) in [6.07, 6.45) is 1.39. The van der Waals surface area contributed by atoms with Crippen molar-refractivity contribution in [2.45, 2.75) is 0 Å². The van der Waals surface area contributed by atoms with E-state index in [1.54, 1.807) is 0 Å². The van der Waals surface area contributed by atoms with Gasteiger partial charge in [0.1, 0.15) is 5.69 Å². The van der Waals surface area contributed by atoms with E-state index in [0.717, 1.165) is 0 Å². The molecule has 0 aliphatic heterocycles. The second kappa shape index (κ2) is 3.45. The van der Waals surface area contributed by atoms with Gasteiger partial charge in [-0.1, -0.05) is 5.92 Å². The topological polar surface area (TPSA) is 96.2 Å². The van der Waals surface area contributed by atoms with Crippen LogP contribution in [0.4, 0.5) is 0 Å². The molecule has 0 spiro atoms. The third-order valence-corrected chi connectivity index (χ3v) is 1.24. The van der Waals surface area contributed by atoms with Crippen molar-refractivity contribution in [3.05, 3.63) is 23.5 Å². The fourth-order valence-electron chi connectivity index (χ4n) is 0.724. The van der Waals surface area contributed by atoms with Crippen LogP contribution in [0.1, 0.15) is 16.1 Å². The number of nitrogens with one attached hydrogen (secondary N) is 1. The Kier molecular flexibility index (Phi) is 2.36. The van der Waals surface area contributed by atoms with Crippen LogP contribution in [0.2, 0.25) is 0 Å². The number of aromatic nitrogens is 1. The molecule has 0 saturated heterocycles. The van der Waals surface area contributed by atoms with Crippen molar-refractivity contribution >= 4 is 11.9 Å². The van der Waals surface area contributed by atoms with E-state index < -0.39 is 11.9 Å². The fourth-order valence-corrected chi connectivity index (χ4v) is 0.724. The number of rotatable bonds is 1. The molecule has 5 nitrogen and oxygen atoms in total. The number of carboxylic acid groups (broad SMARTS) is 1. The number of carbonyl (C=O) groups excluding carboxylic acids is 1. The average molecular weight is 178 g/mol. The van der Waals surface area contributed by atoms with Crippen molar-refractivity contribution in [2.24, 2.45) is 5.73 Å². The maximum Gasteiger partial charge on any atom is 0.352 e. The molecule has 1 aromatic heterocycles. The molecule has 0 unspecified atom stereocenters. The summed E-state index contributed by atoms with van der Waals surface area (Å²) >= 11 is 0. The fraction of sp³-hybridized carbons (Fsp3) is 0. The van der Waals surface area contributed by atoms with Gasteiger partial charge < -0.3 is 15.8 Å². The maximum atomic E-state index is 10.4. The lowest BCUT2D eigenvalue weighted by atomic mass is 10.3. The first-order chi connectivity index (χ1) is 6.09. The Balaban J connectivity index is 2.89. The van der Waals surface area contributed by atoms with Gasteiger partial charge in [-0.25, -0.2) is 4.79 Å². The number of amides is 1. The van der Waals surface area contributed by atoms with E-state index in [-0.39, 0.29) is 5.69 Å². The van der Waals surface area contributed by atoms with Crippen LogP contribution in [-0.4, -0.2) is 22.0 Å². The van der Waals surface area contributed by atoms with Crippen LogP contribution < -0.4 is 5.73 Å². The Morgan fingerprint density at radius 3 is 2.69 bits per heavy atom. The number of carboxylic acids is 1. The van der Waals surface area contributed by atoms with Crippen molar-refractivity contribution in [2.75, 3.05) is 0 Å². The molecule has 0 aromatic carbocycles. The lowest BCUT2D eigenvalue weighted by molar-refractivity contribution is -0.112. The Bertz CT molecular complexity index is 409. The van der Waals surface area contributed by atoms with E-state index in [9.17, 15) is 9.59 Å². The van der Waals surface area contributed by atoms with Crippen LogP contribution >= 0.6 is 0 Å². The summed E-state index contributed by atoms with van der Waals surface area (Å²) in [4.78, 5) is 23.1. The predicted octanol–water partition coefficient (Wildman–Crippen LogP) is -0.450. The zero-order valence-corrected chi connectivity index (χ0v) is 6.50. The average Bonchev–Trinajstić information content (AvgIpc) is 2.48. The molecule has 4 N–H and O–H groups in total. The molecular formula is C8H6N2O3. The zero-order chi connectivity index (χ0) is 9.84. The van der Waals surface area contributed by atoms with E-state index in [0.29, 0.717) is 5.56 Å². The number of nitrogens with two attached hydrogens (primary N) is 1. The number of aromatic amines is 1. The molecule has 5 heteroatoms. The highest BCUT2D eigenvalue weighted by molar-refractivity contribution is 5.92. The molecule has 0 atom stereocenters. The number of H-pyrrole nitrogens is 1. The Labute approximate surface area is 73.6 Å². The molecule has 1 aromatic rings. The molecular weight excluding hydrogens is 172 g/mol. The largest absolute Gasteiger partial charge is 0.477 e. The first-order valence-corrected chi connectivity index (χ1v) is 3.33. The van der Waals surface area contributed by atoms with E-state index in [1.165, 1.54) is 12.3 Å². The molecule has 66 valence electrons. The molecule has 0 fully saturated rings. The van der Waals surface area contributed by atoms with E-state index >= 15 is 0 Å². The molecule has 0 aliphatic rings. The van der Waals surface area contributed by atoms with Crippen LogP contribution in [-0.2, 0) is 4.79 Å². The number of hydrogen-bond acceptors (Lipinski definition) is 2. The number of carbonyl (C=O) groups is 2. The number of aromatic carboxylic acids is 1. The molecule has 0 bridgehead atoms. The summed E-state index contributed by atoms with van der Waals surface area (Å²) in [6, 6.07) is 1.32. The van der Waals surface area contributed by atoms with Crippen molar-refractivity contribution in [3.63, 3.8) is 0 Å². The summed E-state index contributed by atoms with van der Waals surface area (Å²) < 4.78 is 0. The van der Waals surface area contributed by atoms with Crippen LogP contribution in [0.25, 0.3) is 0 Å². The highest BCUT2D eigenvalue weighted by Gasteiger charge is 2.03. The van der Waals surface area contributed by atoms with E-state index in [1.807, 2.05) is 0 Å². The molecule has 0 saturated carbocycles. The predicted molar refractivity (Wildman–Crippen MR) is 43.8 cm³/mol. The lowest BCUT2D eigenvalue weighted by Crippen LogP contribution is -2.05. The normalized spacial score (nSPS) is 8.62. The van der Waals surface area contributed by atoms with Crippen LogP contribution in [0.5, 0.6) is 0 Å². The van der Waals surface area contributed by atoms with Crippen molar-refractivity contribution in [1.29, 1.82) is 0 Å². The Hall–Kier alpha value is -2.22. The zero-order valence-electron chi connectivity index (χ0n) is 6.50. The highest BCUT2D eigenvalue weighted by atomic mass is 16.4. The monoisotopic (exact) mass is 178 g/mol. The summed E-state index contributed by atoms with van der Waals surface area (Å²) in [5.41, 5.74) is 5.20. The van der Waals surface area contributed by atoms with E-state index in [2.05, 4.69) is 16.8 Å². The quantitative estimate of drug-likeness (QED) is 0.508. The lowest BCUT2D eigenvalue weighted by Gasteiger charge is -1.81. The molecule has 0 aliphatic carbocycles. The van der Waals surface area contributed by atoms with Crippen LogP contribution in [0.3, 0.4) is 0 Å². The minimum Gasteiger partial charge on any atom is -0.477 e. The van der Waals surface area contributed by atoms with Gasteiger partial charge in [0.05, 0.1) is 0 Å². The Morgan fingerprint density at radius 1 is 1.54 bits per heavy atom. The van der Waals surface area contributed by atoms with Gasteiger partial charge in [0.2, 0.25) is 0 Å². The van der Waals surface area contributed by atoms with Gasteiger partial charge in [0.15, 0.2) is 0 Å². The van der Waals surface area contributed by atoms with E-state index in [4.69, 9.17) is 10.8 Å². The van der Waals surface area contributed by atoms with Crippen LogP contribution in [0.15, 0.2) is 12.3 Å². The molecule has 0 radical (unpaired) electrons.